The molecule has 2 nitrogen and oxygen atoms in total. The van der Waals surface area contributed by atoms with Gasteiger partial charge in [-0.15, -0.1) is 0 Å². The number of nitrogens with zero attached hydrogens (tertiary/aromatic N) is 1. The van der Waals surface area contributed by atoms with Crippen molar-refractivity contribution in [1.29, 1.82) is 0 Å². The minimum absolute atomic E-state index is 0.963. The molecule has 0 aliphatic heterocycles. The average molecular weight is 375 g/mol. The van der Waals surface area contributed by atoms with Crippen molar-refractivity contribution in [3.05, 3.63) is 50.8 Å². The van der Waals surface area contributed by atoms with Gasteiger partial charge in [0.25, 0.3) is 0 Å². The van der Waals surface area contributed by atoms with E-state index < -0.39 is 0 Å². The fourth-order valence-corrected chi connectivity index (χ4v) is 2.06. The molecule has 4 heteroatoms. The Labute approximate surface area is 110 Å². The van der Waals surface area contributed by atoms with E-state index in [4.69, 9.17) is 0 Å². The molecule has 0 aliphatic rings. The van der Waals surface area contributed by atoms with Crippen LogP contribution in [0.15, 0.2) is 47.2 Å². The molecule has 0 amide bonds. The molecule has 0 fully saturated rings. The number of benzene rings is 1. The summed E-state index contributed by atoms with van der Waals surface area (Å²) in [5.74, 6) is 0. The van der Waals surface area contributed by atoms with Crippen molar-refractivity contribution in [2.45, 2.75) is 0 Å². The van der Waals surface area contributed by atoms with Crippen LogP contribution < -0.4 is 5.32 Å². The first-order chi connectivity index (χ1) is 7.27. The molecule has 15 heavy (non-hydrogen) atoms. The Bertz CT molecular complexity index is 430. The van der Waals surface area contributed by atoms with E-state index in [0.717, 1.165) is 15.8 Å². The maximum atomic E-state index is 4.02. The summed E-state index contributed by atoms with van der Waals surface area (Å²) in [4.78, 5) is 4.02. The van der Waals surface area contributed by atoms with Crippen LogP contribution in [-0.4, -0.2) is 4.98 Å². The van der Waals surface area contributed by atoms with Crippen molar-refractivity contribution in [2.24, 2.45) is 0 Å². The molecular weight excluding hydrogens is 367 g/mol. The highest BCUT2D eigenvalue weighted by Crippen LogP contribution is 2.26. The van der Waals surface area contributed by atoms with Crippen molar-refractivity contribution in [2.75, 3.05) is 5.32 Å². The molecule has 1 aromatic carbocycles. The number of hydrogen-bond acceptors (Lipinski definition) is 2. The van der Waals surface area contributed by atoms with Crippen LogP contribution in [0.2, 0.25) is 0 Å². The summed E-state index contributed by atoms with van der Waals surface area (Å²) in [5.41, 5.74) is 2.12. The van der Waals surface area contributed by atoms with Crippen LogP contribution >= 0.6 is 38.5 Å². The first kappa shape index (κ1) is 10.9. The second-order valence-corrected chi connectivity index (χ2v) is 4.98. The standard InChI is InChI=1S/C11H8BrIN2/c12-8-7-14-6-5-10(8)15-11-4-2-1-3-9(11)13/h1-7H,(H,14,15). The van der Waals surface area contributed by atoms with Crippen LogP contribution in [0.25, 0.3) is 0 Å². The van der Waals surface area contributed by atoms with Gasteiger partial charge in [-0.1, -0.05) is 12.1 Å². The molecule has 0 unspecified atom stereocenters. The van der Waals surface area contributed by atoms with Gasteiger partial charge in [0, 0.05) is 16.0 Å². The van der Waals surface area contributed by atoms with Gasteiger partial charge in [0.05, 0.1) is 15.8 Å². The van der Waals surface area contributed by atoms with E-state index in [-0.39, 0.29) is 0 Å². The number of pyridine rings is 1. The fraction of sp³-hybridized carbons (Fsp3) is 0. The van der Waals surface area contributed by atoms with Crippen molar-refractivity contribution < 1.29 is 0 Å². The van der Waals surface area contributed by atoms with Crippen molar-refractivity contribution >= 4 is 49.9 Å². The number of aromatic nitrogens is 1. The Balaban J connectivity index is 2.30. The lowest BCUT2D eigenvalue weighted by molar-refractivity contribution is 1.30. The third-order valence-electron chi connectivity index (χ3n) is 1.92. The van der Waals surface area contributed by atoms with E-state index in [9.17, 15) is 0 Å². The van der Waals surface area contributed by atoms with Gasteiger partial charge in [-0.3, -0.25) is 4.98 Å². The topological polar surface area (TPSA) is 24.9 Å². The second kappa shape index (κ2) is 4.94. The highest BCUT2D eigenvalue weighted by molar-refractivity contribution is 14.1. The minimum atomic E-state index is 0.963. The summed E-state index contributed by atoms with van der Waals surface area (Å²) < 4.78 is 2.16. The molecule has 0 aliphatic carbocycles. The molecule has 1 heterocycles. The molecule has 2 rings (SSSR count). The maximum Gasteiger partial charge on any atom is 0.0593 e. The molecule has 1 N–H and O–H groups in total. The van der Waals surface area contributed by atoms with Crippen molar-refractivity contribution in [3.63, 3.8) is 0 Å². The third-order valence-corrected chi connectivity index (χ3v) is 3.49. The van der Waals surface area contributed by atoms with E-state index in [1.54, 1.807) is 12.4 Å². The molecule has 0 atom stereocenters. The molecule has 1 aromatic heterocycles. The van der Waals surface area contributed by atoms with Crippen LogP contribution in [0.1, 0.15) is 0 Å². The summed E-state index contributed by atoms with van der Waals surface area (Å²) in [6.07, 6.45) is 3.54. The zero-order valence-electron chi connectivity index (χ0n) is 7.74. The number of rotatable bonds is 2. The van der Waals surface area contributed by atoms with Crippen molar-refractivity contribution in [3.8, 4) is 0 Å². The Morgan fingerprint density at radius 3 is 2.67 bits per heavy atom. The molecule has 0 radical (unpaired) electrons. The van der Waals surface area contributed by atoms with Crippen LogP contribution in [0.4, 0.5) is 11.4 Å². The number of para-hydroxylation sites is 1. The highest BCUT2D eigenvalue weighted by atomic mass is 127. The Kier molecular flexibility index (Phi) is 3.58. The largest absolute Gasteiger partial charge is 0.354 e. The first-order valence-corrected chi connectivity index (χ1v) is 6.25. The predicted molar refractivity (Wildman–Crippen MR) is 74.4 cm³/mol. The lowest BCUT2D eigenvalue weighted by Gasteiger charge is -2.09. The Morgan fingerprint density at radius 2 is 1.93 bits per heavy atom. The van der Waals surface area contributed by atoms with Gasteiger partial charge < -0.3 is 5.32 Å². The Morgan fingerprint density at radius 1 is 1.13 bits per heavy atom. The molecule has 0 saturated carbocycles. The monoisotopic (exact) mass is 374 g/mol. The molecule has 2 aromatic rings. The minimum Gasteiger partial charge on any atom is -0.354 e. The summed E-state index contributed by atoms with van der Waals surface area (Å²) in [7, 11) is 0. The lowest BCUT2D eigenvalue weighted by Crippen LogP contribution is -1.93. The van der Waals surface area contributed by atoms with E-state index in [1.807, 2.05) is 18.2 Å². The van der Waals surface area contributed by atoms with Gasteiger partial charge in [-0.25, -0.2) is 0 Å². The van der Waals surface area contributed by atoms with Crippen LogP contribution in [0.3, 0.4) is 0 Å². The van der Waals surface area contributed by atoms with Gasteiger partial charge >= 0.3 is 0 Å². The average Bonchev–Trinajstić information content (AvgIpc) is 2.24. The smallest absolute Gasteiger partial charge is 0.0593 e. The number of hydrogen-bond donors (Lipinski definition) is 1. The first-order valence-electron chi connectivity index (χ1n) is 4.38. The fourth-order valence-electron chi connectivity index (χ4n) is 1.18. The predicted octanol–water partition coefficient (Wildman–Crippen LogP) is 4.19. The van der Waals surface area contributed by atoms with Crippen LogP contribution in [-0.2, 0) is 0 Å². The van der Waals surface area contributed by atoms with Gasteiger partial charge in [0.2, 0.25) is 0 Å². The van der Waals surface area contributed by atoms with Gasteiger partial charge in [0.15, 0.2) is 0 Å². The van der Waals surface area contributed by atoms with Crippen LogP contribution in [0, 0.1) is 3.57 Å². The SMILES string of the molecule is Brc1cnccc1Nc1ccccc1I. The number of anilines is 2. The summed E-state index contributed by atoms with van der Waals surface area (Å²) >= 11 is 5.76. The molecular formula is C11H8BrIN2. The van der Waals surface area contributed by atoms with Gasteiger partial charge in [-0.05, 0) is 56.7 Å². The van der Waals surface area contributed by atoms with E-state index >= 15 is 0 Å². The molecule has 76 valence electrons. The summed E-state index contributed by atoms with van der Waals surface area (Å²) in [5, 5.41) is 3.35. The highest BCUT2D eigenvalue weighted by Gasteiger charge is 2.01. The number of nitrogens with one attached hydrogen (secondary N) is 1. The van der Waals surface area contributed by atoms with Crippen molar-refractivity contribution in [1.82, 2.24) is 4.98 Å². The number of halogens is 2. The Hall–Kier alpha value is -0.620. The van der Waals surface area contributed by atoms with E-state index in [2.05, 4.69) is 61.0 Å². The van der Waals surface area contributed by atoms with Crippen LogP contribution in [0.5, 0.6) is 0 Å². The zero-order valence-corrected chi connectivity index (χ0v) is 11.5. The van der Waals surface area contributed by atoms with Gasteiger partial charge in [-0.2, -0.15) is 0 Å². The van der Waals surface area contributed by atoms with E-state index in [0.29, 0.717) is 0 Å². The molecule has 0 bridgehead atoms. The molecule has 0 saturated heterocycles. The second-order valence-electron chi connectivity index (χ2n) is 2.96. The summed E-state index contributed by atoms with van der Waals surface area (Å²) in [6.45, 7) is 0. The van der Waals surface area contributed by atoms with Gasteiger partial charge in [0.1, 0.15) is 0 Å². The normalized spacial score (nSPS) is 10.0. The maximum absolute atomic E-state index is 4.02. The quantitative estimate of drug-likeness (QED) is 0.797. The third kappa shape index (κ3) is 2.69. The molecule has 0 spiro atoms. The lowest BCUT2D eigenvalue weighted by atomic mass is 10.3. The van der Waals surface area contributed by atoms with E-state index in [1.165, 1.54) is 3.57 Å². The summed E-state index contributed by atoms with van der Waals surface area (Å²) in [6, 6.07) is 10.1. The zero-order chi connectivity index (χ0) is 10.7.